The zero-order valence-electron chi connectivity index (χ0n) is 12.5. The first-order valence-corrected chi connectivity index (χ1v) is 6.59. The quantitative estimate of drug-likeness (QED) is 0.741. The van der Waals surface area contributed by atoms with Crippen molar-refractivity contribution < 1.29 is 4.79 Å². The van der Waals surface area contributed by atoms with Gasteiger partial charge in [0, 0.05) is 11.1 Å². The molecule has 0 aliphatic heterocycles. The summed E-state index contributed by atoms with van der Waals surface area (Å²) in [7, 11) is 2.02. The molecule has 0 unspecified atom stereocenters. The first kappa shape index (κ1) is 14.9. The van der Waals surface area contributed by atoms with E-state index < -0.39 is 0 Å². The molecule has 0 aliphatic carbocycles. The molecule has 0 amide bonds. The number of hydrogen-bond donors (Lipinski definition) is 0. The number of nitrogens with zero attached hydrogens (tertiary/aromatic N) is 1. The van der Waals surface area contributed by atoms with Crippen molar-refractivity contribution in [3.05, 3.63) is 34.9 Å². The zero-order chi connectivity index (χ0) is 13.9. The number of hydrogen-bond acceptors (Lipinski definition) is 2. The lowest BCUT2D eigenvalue weighted by Crippen LogP contribution is -2.43. The average molecular weight is 247 g/mol. The van der Waals surface area contributed by atoms with Gasteiger partial charge in [-0.1, -0.05) is 19.1 Å². The maximum absolute atomic E-state index is 12.2. The molecule has 1 aromatic carbocycles. The first-order chi connectivity index (χ1) is 8.27. The standard InChI is InChI=1S/C16H25NO/c1-7-16(4,5)17(6)11-15(18)14-9-8-12(2)13(3)10-14/h8-10H,7,11H2,1-6H3. The lowest BCUT2D eigenvalue weighted by atomic mass is 9.98. The van der Waals surface area contributed by atoms with E-state index in [4.69, 9.17) is 0 Å². The number of benzene rings is 1. The second-order valence-corrected chi connectivity index (χ2v) is 5.74. The largest absolute Gasteiger partial charge is 0.294 e. The molecule has 0 N–H and O–H groups in total. The molecular formula is C16H25NO. The monoisotopic (exact) mass is 247 g/mol. The summed E-state index contributed by atoms with van der Waals surface area (Å²) in [5.74, 6) is 0.196. The van der Waals surface area contributed by atoms with E-state index in [-0.39, 0.29) is 11.3 Å². The Bertz CT molecular complexity index is 435. The van der Waals surface area contributed by atoms with E-state index in [2.05, 4.69) is 32.6 Å². The van der Waals surface area contributed by atoms with E-state index in [0.717, 1.165) is 12.0 Å². The first-order valence-electron chi connectivity index (χ1n) is 6.59. The molecule has 0 radical (unpaired) electrons. The summed E-state index contributed by atoms with van der Waals surface area (Å²) < 4.78 is 0. The topological polar surface area (TPSA) is 20.3 Å². The number of rotatable bonds is 5. The van der Waals surface area contributed by atoms with E-state index >= 15 is 0 Å². The van der Waals surface area contributed by atoms with Gasteiger partial charge in [0.25, 0.3) is 0 Å². The molecule has 0 spiro atoms. The molecule has 18 heavy (non-hydrogen) atoms. The molecule has 2 nitrogen and oxygen atoms in total. The van der Waals surface area contributed by atoms with Crippen molar-refractivity contribution in [2.75, 3.05) is 13.6 Å². The van der Waals surface area contributed by atoms with Crippen LogP contribution in [0.1, 0.15) is 48.7 Å². The summed E-state index contributed by atoms with van der Waals surface area (Å²) in [6.45, 7) is 11.1. The van der Waals surface area contributed by atoms with E-state index in [0.29, 0.717) is 6.54 Å². The van der Waals surface area contributed by atoms with Crippen LogP contribution in [-0.2, 0) is 0 Å². The van der Waals surface area contributed by atoms with Crippen LogP contribution in [0.2, 0.25) is 0 Å². The van der Waals surface area contributed by atoms with Crippen molar-refractivity contribution in [3.63, 3.8) is 0 Å². The summed E-state index contributed by atoms with van der Waals surface area (Å²) in [6.07, 6.45) is 1.03. The molecule has 0 heterocycles. The Morgan fingerprint density at radius 3 is 2.33 bits per heavy atom. The second-order valence-electron chi connectivity index (χ2n) is 5.74. The molecule has 0 bridgehead atoms. The zero-order valence-corrected chi connectivity index (χ0v) is 12.5. The molecular weight excluding hydrogens is 222 g/mol. The Balaban J connectivity index is 2.80. The van der Waals surface area contributed by atoms with Crippen LogP contribution in [0.3, 0.4) is 0 Å². The van der Waals surface area contributed by atoms with Gasteiger partial charge in [0.2, 0.25) is 0 Å². The van der Waals surface area contributed by atoms with Gasteiger partial charge in [0.1, 0.15) is 0 Å². The predicted octanol–water partition coefficient (Wildman–Crippen LogP) is 3.61. The molecule has 0 saturated carbocycles. The number of likely N-dealkylation sites (N-methyl/N-ethyl adjacent to an activating group) is 1. The minimum absolute atomic E-state index is 0.0649. The summed E-state index contributed by atoms with van der Waals surface area (Å²) in [5.41, 5.74) is 3.29. The fourth-order valence-corrected chi connectivity index (χ4v) is 1.71. The Morgan fingerprint density at radius 1 is 1.22 bits per heavy atom. The highest BCUT2D eigenvalue weighted by Gasteiger charge is 2.23. The highest BCUT2D eigenvalue weighted by atomic mass is 16.1. The Morgan fingerprint density at radius 2 is 1.83 bits per heavy atom. The SMILES string of the molecule is CCC(C)(C)N(C)CC(=O)c1ccc(C)c(C)c1. The van der Waals surface area contributed by atoms with Crippen molar-refractivity contribution in [2.45, 2.75) is 46.6 Å². The highest BCUT2D eigenvalue weighted by molar-refractivity contribution is 5.97. The van der Waals surface area contributed by atoms with Gasteiger partial charge in [-0.25, -0.2) is 0 Å². The van der Waals surface area contributed by atoms with Crippen LogP contribution >= 0.6 is 0 Å². The van der Waals surface area contributed by atoms with E-state index in [1.54, 1.807) is 0 Å². The van der Waals surface area contributed by atoms with E-state index in [1.807, 2.05) is 32.2 Å². The summed E-state index contributed by atoms with van der Waals surface area (Å²) in [5, 5.41) is 0. The van der Waals surface area contributed by atoms with Crippen molar-refractivity contribution >= 4 is 5.78 Å². The van der Waals surface area contributed by atoms with Gasteiger partial charge < -0.3 is 0 Å². The van der Waals surface area contributed by atoms with Crippen LogP contribution in [0.25, 0.3) is 0 Å². The third kappa shape index (κ3) is 3.42. The lowest BCUT2D eigenvalue weighted by Gasteiger charge is -2.34. The number of carbonyl (C=O) groups is 1. The van der Waals surface area contributed by atoms with Gasteiger partial charge in [-0.05, 0) is 58.4 Å². The van der Waals surface area contributed by atoms with Crippen LogP contribution in [0.4, 0.5) is 0 Å². The normalized spacial score (nSPS) is 11.9. The van der Waals surface area contributed by atoms with Gasteiger partial charge in [-0.3, -0.25) is 9.69 Å². The van der Waals surface area contributed by atoms with Crippen molar-refractivity contribution in [3.8, 4) is 0 Å². The maximum Gasteiger partial charge on any atom is 0.176 e. The van der Waals surface area contributed by atoms with Crippen molar-refractivity contribution in [1.29, 1.82) is 0 Å². The predicted molar refractivity (Wildman–Crippen MR) is 77.2 cm³/mol. The Labute approximate surface area is 111 Å². The highest BCUT2D eigenvalue weighted by Crippen LogP contribution is 2.17. The molecule has 100 valence electrons. The average Bonchev–Trinajstić information content (AvgIpc) is 2.32. The second kappa shape index (κ2) is 5.66. The molecule has 0 atom stereocenters. The third-order valence-corrected chi connectivity index (χ3v) is 4.11. The number of ketones is 1. The fourth-order valence-electron chi connectivity index (χ4n) is 1.71. The smallest absolute Gasteiger partial charge is 0.176 e. The van der Waals surface area contributed by atoms with Crippen LogP contribution in [0.5, 0.6) is 0 Å². The molecule has 1 aromatic rings. The Hall–Kier alpha value is -1.15. The van der Waals surface area contributed by atoms with Gasteiger partial charge in [0.05, 0.1) is 6.54 Å². The fraction of sp³-hybridized carbons (Fsp3) is 0.562. The molecule has 1 rings (SSSR count). The molecule has 0 aromatic heterocycles. The Kier molecular flexibility index (Phi) is 4.69. The maximum atomic E-state index is 12.2. The van der Waals surface area contributed by atoms with E-state index in [9.17, 15) is 4.79 Å². The number of Topliss-reactive ketones (excluding diaryl/α,β-unsaturated/α-hetero) is 1. The lowest BCUT2D eigenvalue weighted by molar-refractivity contribution is 0.0847. The minimum Gasteiger partial charge on any atom is -0.294 e. The molecule has 0 aliphatic rings. The van der Waals surface area contributed by atoms with E-state index in [1.165, 1.54) is 11.1 Å². The van der Waals surface area contributed by atoms with Gasteiger partial charge in [-0.2, -0.15) is 0 Å². The molecule has 0 saturated heterocycles. The molecule has 2 heteroatoms. The van der Waals surface area contributed by atoms with Gasteiger partial charge in [0.15, 0.2) is 5.78 Å². The van der Waals surface area contributed by atoms with Crippen molar-refractivity contribution in [1.82, 2.24) is 4.90 Å². The van der Waals surface area contributed by atoms with Crippen LogP contribution in [-0.4, -0.2) is 29.8 Å². The minimum atomic E-state index is 0.0649. The van der Waals surface area contributed by atoms with Crippen LogP contribution in [0.15, 0.2) is 18.2 Å². The number of carbonyl (C=O) groups excluding carboxylic acids is 1. The summed E-state index contributed by atoms with van der Waals surface area (Å²) >= 11 is 0. The number of aryl methyl sites for hydroxylation is 2. The van der Waals surface area contributed by atoms with Crippen LogP contribution < -0.4 is 0 Å². The third-order valence-electron chi connectivity index (χ3n) is 4.11. The van der Waals surface area contributed by atoms with Crippen LogP contribution in [0, 0.1) is 13.8 Å². The van der Waals surface area contributed by atoms with Crippen molar-refractivity contribution in [2.24, 2.45) is 0 Å². The summed E-state index contributed by atoms with van der Waals surface area (Å²) in [6, 6.07) is 5.94. The van der Waals surface area contributed by atoms with Gasteiger partial charge in [-0.15, -0.1) is 0 Å². The van der Waals surface area contributed by atoms with Gasteiger partial charge >= 0.3 is 0 Å². The summed E-state index contributed by atoms with van der Waals surface area (Å²) in [4.78, 5) is 14.4. The molecule has 0 fully saturated rings.